The summed E-state index contributed by atoms with van der Waals surface area (Å²) in [6, 6.07) is 11.2. The molecule has 5 nitrogen and oxygen atoms in total. The summed E-state index contributed by atoms with van der Waals surface area (Å²) in [6.07, 6.45) is 1.62. The molecule has 0 aliphatic carbocycles. The third-order valence-electron chi connectivity index (χ3n) is 3.73. The molecule has 0 saturated carbocycles. The number of aryl methyl sites for hydroxylation is 1. The molecule has 0 atom stereocenters. The lowest BCUT2D eigenvalue weighted by molar-refractivity contribution is -0.141. The molecule has 1 amide bonds. The maximum Gasteiger partial charge on any atom is 0.325 e. The van der Waals surface area contributed by atoms with E-state index in [1.165, 1.54) is 12.0 Å². The minimum absolute atomic E-state index is 0.0950. The first-order chi connectivity index (χ1) is 12.0. The van der Waals surface area contributed by atoms with Crippen molar-refractivity contribution in [3.05, 3.63) is 59.3 Å². The summed E-state index contributed by atoms with van der Waals surface area (Å²) in [7, 11) is 1.32. The van der Waals surface area contributed by atoms with Crippen LogP contribution >= 0.6 is 11.8 Å². The smallest absolute Gasteiger partial charge is 0.325 e. The molecule has 2 aromatic rings. The van der Waals surface area contributed by atoms with Gasteiger partial charge in [-0.3, -0.25) is 9.59 Å². The average molecular weight is 358 g/mol. The first kappa shape index (κ1) is 19.0. The number of benzene rings is 1. The van der Waals surface area contributed by atoms with Crippen LogP contribution in [0.15, 0.2) is 47.6 Å². The van der Waals surface area contributed by atoms with Crippen molar-refractivity contribution >= 4 is 23.6 Å². The van der Waals surface area contributed by atoms with E-state index in [-0.39, 0.29) is 12.5 Å². The van der Waals surface area contributed by atoms with Crippen LogP contribution in [0.4, 0.5) is 0 Å². The molecule has 132 valence electrons. The van der Waals surface area contributed by atoms with E-state index in [1.807, 2.05) is 38.1 Å². The Morgan fingerprint density at radius 1 is 1.24 bits per heavy atom. The molecular formula is C19H22N2O3S. The Balaban J connectivity index is 2.27. The van der Waals surface area contributed by atoms with E-state index in [1.54, 1.807) is 30.1 Å². The van der Waals surface area contributed by atoms with Crippen molar-refractivity contribution in [2.24, 2.45) is 0 Å². The summed E-state index contributed by atoms with van der Waals surface area (Å²) in [6.45, 7) is 4.27. The number of thioether (sulfide) groups is 1. The van der Waals surface area contributed by atoms with Crippen molar-refractivity contribution < 1.29 is 14.3 Å². The predicted molar refractivity (Wildman–Crippen MR) is 98.6 cm³/mol. The zero-order valence-electron chi connectivity index (χ0n) is 14.7. The van der Waals surface area contributed by atoms with Crippen molar-refractivity contribution in [2.75, 3.05) is 19.4 Å². The number of hydrogen-bond acceptors (Lipinski definition) is 5. The van der Waals surface area contributed by atoms with Crippen LogP contribution in [-0.2, 0) is 16.1 Å². The van der Waals surface area contributed by atoms with Crippen molar-refractivity contribution in [1.82, 2.24) is 9.88 Å². The van der Waals surface area contributed by atoms with Crippen LogP contribution in [-0.4, -0.2) is 41.2 Å². The van der Waals surface area contributed by atoms with Crippen LogP contribution in [0.25, 0.3) is 0 Å². The van der Waals surface area contributed by atoms with Gasteiger partial charge in [0.1, 0.15) is 6.54 Å². The Bertz CT molecular complexity index is 749. The zero-order chi connectivity index (χ0) is 18.2. The number of carbonyl (C=O) groups excluding carboxylic acids is 2. The lowest BCUT2D eigenvalue weighted by Gasteiger charge is -2.22. The Labute approximate surface area is 152 Å². The Hall–Kier alpha value is -2.34. The second kappa shape index (κ2) is 9.22. The van der Waals surface area contributed by atoms with Crippen molar-refractivity contribution in [3.8, 4) is 0 Å². The van der Waals surface area contributed by atoms with Gasteiger partial charge >= 0.3 is 5.97 Å². The van der Waals surface area contributed by atoms with Crippen LogP contribution < -0.4 is 0 Å². The van der Waals surface area contributed by atoms with Crippen molar-refractivity contribution in [2.45, 2.75) is 25.4 Å². The number of amides is 1. The molecule has 0 saturated heterocycles. The van der Waals surface area contributed by atoms with Crippen molar-refractivity contribution in [3.63, 3.8) is 0 Å². The molecule has 1 heterocycles. The second-order valence-electron chi connectivity index (χ2n) is 5.48. The van der Waals surface area contributed by atoms with E-state index >= 15 is 0 Å². The largest absolute Gasteiger partial charge is 0.468 e. The number of methoxy groups -OCH3 is 1. The molecule has 0 N–H and O–H groups in total. The molecule has 0 radical (unpaired) electrons. The van der Waals surface area contributed by atoms with E-state index in [4.69, 9.17) is 4.74 Å². The minimum Gasteiger partial charge on any atom is -0.468 e. The van der Waals surface area contributed by atoms with Gasteiger partial charge in [0.2, 0.25) is 0 Å². The summed E-state index contributed by atoms with van der Waals surface area (Å²) in [4.78, 5) is 30.5. The van der Waals surface area contributed by atoms with E-state index in [9.17, 15) is 9.59 Å². The van der Waals surface area contributed by atoms with Gasteiger partial charge in [-0.05, 0) is 35.9 Å². The van der Waals surface area contributed by atoms with Gasteiger partial charge in [-0.25, -0.2) is 4.98 Å². The fraction of sp³-hybridized carbons (Fsp3) is 0.316. The predicted octanol–water partition coefficient (Wildman–Crippen LogP) is 3.32. The summed E-state index contributed by atoms with van der Waals surface area (Å²) < 4.78 is 4.75. The number of rotatable bonds is 7. The monoisotopic (exact) mass is 358 g/mol. The maximum absolute atomic E-state index is 12.9. The van der Waals surface area contributed by atoms with E-state index < -0.39 is 5.97 Å². The highest BCUT2D eigenvalue weighted by Gasteiger charge is 2.20. The number of carbonyl (C=O) groups is 2. The fourth-order valence-corrected chi connectivity index (χ4v) is 3.01. The van der Waals surface area contributed by atoms with Gasteiger partial charge < -0.3 is 9.64 Å². The molecule has 0 spiro atoms. The molecule has 2 rings (SSSR count). The molecule has 1 aromatic carbocycles. The van der Waals surface area contributed by atoms with Gasteiger partial charge in [-0.2, -0.15) is 0 Å². The van der Waals surface area contributed by atoms with Gasteiger partial charge in [0.25, 0.3) is 5.91 Å². The highest BCUT2D eigenvalue weighted by molar-refractivity contribution is 7.99. The normalized spacial score (nSPS) is 10.4. The first-order valence-corrected chi connectivity index (χ1v) is 9.03. The first-order valence-electron chi connectivity index (χ1n) is 8.04. The number of esters is 1. The van der Waals surface area contributed by atoms with E-state index in [0.717, 1.165) is 21.9 Å². The third kappa shape index (κ3) is 5.32. The van der Waals surface area contributed by atoms with Gasteiger partial charge in [0, 0.05) is 18.3 Å². The molecular weight excluding hydrogens is 336 g/mol. The maximum atomic E-state index is 12.9. The van der Waals surface area contributed by atoms with Crippen molar-refractivity contribution in [1.29, 1.82) is 0 Å². The molecule has 25 heavy (non-hydrogen) atoms. The molecule has 0 unspecified atom stereocenters. The van der Waals surface area contributed by atoms with Crippen LogP contribution in [0, 0.1) is 6.92 Å². The second-order valence-corrected chi connectivity index (χ2v) is 6.76. The van der Waals surface area contributed by atoms with E-state index in [2.05, 4.69) is 4.98 Å². The Morgan fingerprint density at radius 2 is 2.00 bits per heavy atom. The van der Waals surface area contributed by atoms with Crippen LogP contribution in [0.1, 0.15) is 28.4 Å². The molecule has 0 aliphatic rings. The Morgan fingerprint density at radius 3 is 2.68 bits per heavy atom. The number of ether oxygens (including phenoxy) is 1. The van der Waals surface area contributed by atoms with Gasteiger partial charge in [0.15, 0.2) is 0 Å². The summed E-state index contributed by atoms with van der Waals surface area (Å²) in [5, 5.41) is 0.794. The number of nitrogens with zero attached hydrogens (tertiary/aromatic N) is 2. The number of pyridine rings is 1. The minimum atomic E-state index is -0.445. The summed E-state index contributed by atoms with van der Waals surface area (Å²) in [5.41, 5.74) is 2.59. The van der Waals surface area contributed by atoms with Gasteiger partial charge in [-0.15, -0.1) is 11.8 Å². The van der Waals surface area contributed by atoms with E-state index in [0.29, 0.717) is 12.1 Å². The topological polar surface area (TPSA) is 59.5 Å². The quantitative estimate of drug-likeness (QED) is 0.561. The number of aromatic nitrogens is 1. The van der Waals surface area contributed by atoms with Crippen LogP contribution in [0.2, 0.25) is 0 Å². The molecule has 0 aliphatic heterocycles. The van der Waals surface area contributed by atoms with Gasteiger partial charge in [-0.1, -0.05) is 31.2 Å². The SMILES string of the molecule is CCSc1cc(C(=O)N(CC(=O)OC)Cc2ccccc2C)ccn1. The molecule has 0 bridgehead atoms. The highest BCUT2D eigenvalue weighted by Crippen LogP contribution is 2.18. The summed E-state index contributed by atoms with van der Waals surface area (Å²) >= 11 is 1.57. The van der Waals surface area contributed by atoms with Gasteiger partial charge in [0.05, 0.1) is 12.1 Å². The molecule has 6 heteroatoms. The average Bonchev–Trinajstić information content (AvgIpc) is 2.62. The third-order valence-corrected chi connectivity index (χ3v) is 4.54. The molecule has 0 fully saturated rings. The Kier molecular flexibility index (Phi) is 7.01. The zero-order valence-corrected chi connectivity index (χ0v) is 15.5. The molecule has 1 aromatic heterocycles. The fourth-order valence-electron chi connectivity index (χ4n) is 2.36. The lowest BCUT2D eigenvalue weighted by atomic mass is 10.1. The highest BCUT2D eigenvalue weighted by atomic mass is 32.2. The number of hydrogen-bond donors (Lipinski definition) is 0. The van der Waals surface area contributed by atoms with Crippen LogP contribution in [0.3, 0.4) is 0 Å². The van der Waals surface area contributed by atoms with Crippen LogP contribution in [0.5, 0.6) is 0 Å². The standard InChI is InChI=1S/C19H22N2O3S/c1-4-25-17-11-15(9-10-20-17)19(23)21(13-18(22)24-3)12-16-8-6-5-7-14(16)2/h5-11H,4,12-13H2,1-3H3. The summed E-state index contributed by atoms with van der Waals surface area (Å²) in [5.74, 6) is 0.216. The lowest BCUT2D eigenvalue weighted by Crippen LogP contribution is -2.36.